The Hall–Kier alpha value is -3.05. The quantitative estimate of drug-likeness (QED) is 0.0211. The van der Waals surface area contributed by atoms with Gasteiger partial charge in [-0.05, 0) is 19.3 Å². The van der Waals surface area contributed by atoms with Crippen molar-refractivity contribution in [3.8, 4) is 0 Å². The normalized spacial score (nSPS) is 37.7. The predicted octanol–water partition coefficient (Wildman–Crippen LogP) is -3.20. The predicted molar refractivity (Wildman–Crippen MR) is 385 cm³/mol. The molecule has 0 bridgehead atoms. The van der Waals surface area contributed by atoms with E-state index in [2.05, 4.69) is 29.8 Å². The fraction of sp³-hybridized carbons (Fsp3) is 0.932. The van der Waals surface area contributed by atoms with Crippen molar-refractivity contribution in [3.63, 3.8) is 0 Å². The highest BCUT2D eigenvalue weighted by atomic mass is 16.8. The summed E-state index contributed by atoms with van der Waals surface area (Å²) in [6.45, 7) is 0.0592. The Morgan fingerprint density at radius 3 is 1.06 bits per heavy atom. The van der Waals surface area contributed by atoms with Gasteiger partial charge in [-0.25, -0.2) is 0 Å². The zero-order chi connectivity index (χ0) is 80.6. The van der Waals surface area contributed by atoms with Crippen LogP contribution in [0.2, 0.25) is 0 Å². The molecule has 36 nitrogen and oxygen atoms in total. The first kappa shape index (κ1) is 95.8. The van der Waals surface area contributed by atoms with Gasteiger partial charge in [0.25, 0.3) is 0 Å². The van der Waals surface area contributed by atoms with Gasteiger partial charge >= 0.3 is 0 Å². The van der Waals surface area contributed by atoms with Gasteiger partial charge in [0.2, 0.25) is 17.7 Å². The summed E-state index contributed by atoms with van der Waals surface area (Å²) in [5.74, 6) is -1.97. The number of aliphatic hydroxyl groups is 18. The van der Waals surface area contributed by atoms with Crippen molar-refractivity contribution in [2.75, 3.05) is 46.2 Å². The van der Waals surface area contributed by atoms with E-state index in [1.54, 1.807) is 6.08 Å². The first-order valence-corrected chi connectivity index (χ1v) is 40.0. The number of hydrogen-bond acceptors (Lipinski definition) is 33. The second-order valence-corrected chi connectivity index (χ2v) is 29.9. The number of allylic oxidation sites excluding steroid dienone is 1. The maximum absolute atomic E-state index is 13.5. The molecule has 0 spiro atoms. The summed E-state index contributed by atoms with van der Waals surface area (Å²) < 4.78 is 70.6. The van der Waals surface area contributed by atoms with Crippen LogP contribution >= 0.6 is 0 Å². The zero-order valence-corrected chi connectivity index (χ0v) is 64.1. The Balaban J connectivity index is 1.10. The number of nitrogens with one attached hydrogen (secondary N) is 3. The Kier molecular flexibility index (Phi) is 44.0. The fourth-order valence-corrected chi connectivity index (χ4v) is 14.7. The third-order valence-corrected chi connectivity index (χ3v) is 21.2. The highest BCUT2D eigenvalue weighted by Crippen LogP contribution is 2.38. The second kappa shape index (κ2) is 50.5. The lowest BCUT2D eigenvalue weighted by atomic mass is 9.94. The first-order chi connectivity index (χ1) is 52.8. The van der Waals surface area contributed by atoms with E-state index in [0.717, 1.165) is 65.2 Å². The lowest BCUT2D eigenvalue weighted by Crippen LogP contribution is -2.70. The summed E-state index contributed by atoms with van der Waals surface area (Å²) >= 11 is 0. The Bertz CT molecular complexity index is 2560. The molecule has 6 saturated heterocycles. The summed E-state index contributed by atoms with van der Waals surface area (Å²) in [6, 6.07) is -4.51. The average molecular weight is 1590 g/mol. The van der Waals surface area contributed by atoms with Crippen molar-refractivity contribution in [2.24, 2.45) is 0 Å². The molecule has 12 unspecified atom stereocenters. The second-order valence-electron chi connectivity index (χ2n) is 29.9. The fourth-order valence-electron chi connectivity index (χ4n) is 14.7. The van der Waals surface area contributed by atoms with Gasteiger partial charge in [-0.1, -0.05) is 167 Å². The summed E-state index contributed by atoms with van der Waals surface area (Å²) in [5, 5.41) is 209. The van der Waals surface area contributed by atoms with E-state index >= 15 is 0 Å². The molecule has 6 fully saturated rings. The largest absolute Gasteiger partial charge is 0.394 e. The van der Waals surface area contributed by atoms with Crippen LogP contribution in [0.5, 0.6) is 0 Å². The van der Waals surface area contributed by atoms with Crippen molar-refractivity contribution in [1.29, 1.82) is 0 Å². The molecule has 6 heterocycles. The molecule has 0 aromatic carbocycles. The number of ether oxygens (including phenoxy) is 12. The lowest BCUT2D eigenvalue weighted by molar-refractivity contribution is -0.390. The number of carbonyl (C=O) groups excluding carboxylic acids is 3. The molecule has 3 amide bonds. The topological polar surface area (TPSA) is 562 Å². The zero-order valence-electron chi connectivity index (χ0n) is 64.1. The number of rotatable bonds is 50. The summed E-state index contributed by atoms with van der Waals surface area (Å²) in [6.07, 6.45) is -23.7. The van der Waals surface area contributed by atoms with Gasteiger partial charge in [-0.2, -0.15) is 0 Å². The van der Waals surface area contributed by atoms with Crippen LogP contribution in [0, 0.1) is 0 Å². The van der Waals surface area contributed by atoms with Crippen LogP contribution in [0.1, 0.15) is 195 Å². The minimum atomic E-state index is -2.26. The number of amides is 3. The van der Waals surface area contributed by atoms with Crippen LogP contribution < -0.4 is 16.0 Å². The first-order valence-electron chi connectivity index (χ1n) is 40.0. The molecule has 6 rings (SSSR count). The molecule has 6 aliphatic heterocycles. The molecular formula is C74H133N3O33. The van der Waals surface area contributed by atoms with E-state index in [1.807, 2.05) is 6.08 Å². The summed E-state index contributed by atoms with van der Waals surface area (Å²) in [4.78, 5) is 38.6. The standard InChI is InChI=1S/C74H133N3O33/c1-5-7-9-11-13-15-17-19-21-23-25-27-29-31-43(86)42(77-50(87)32-30-28-26-24-22-20-18-16-14-12-10-8-6-2)39-99-71-60(95)59(94)65(49(38-83)105-71)107-73-61(96)66(54(89)45(34-79)102-73)109-70-52(76-41(4)85)58(93)64(48(37-82)104-70)106-72-63(98)68(56(91)47(36-81)101-72)110-74-62(97)67(55(90)46(35-80)103-74)108-69-51(75-40(3)84)57(92)53(88)44(33-78)100-69/h29,31,42-49,51-74,78-83,86,88-98H,5-28,30,32-39H2,1-4H3,(H,75,84)(H,76,85)(H,77,87)/b31-29+/t42-,43+,44?,45?,46?,47?,48?,49?,51?,52?,53-,54-,55-,56-,57+,58+,59+,60?,61?,62?,63?,64+,65+,66-,67-,68-,69-,70-,71+,72-,73-,74+/m0/s1. The van der Waals surface area contributed by atoms with Crippen molar-refractivity contribution >= 4 is 17.7 Å². The van der Waals surface area contributed by atoms with E-state index in [1.165, 1.54) is 96.3 Å². The summed E-state index contributed by atoms with van der Waals surface area (Å²) in [5.41, 5.74) is 0. The van der Waals surface area contributed by atoms with Gasteiger partial charge in [-0.15, -0.1) is 0 Å². The van der Waals surface area contributed by atoms with Crippen molar-refractivity contribution in [1.82, 2.24) is 16.0 Å². The van der Waals surface area contributed by atoms with Gasteiger partial charge in [0, 0.05) is 20.3 Å². The van der Waals surface area contributed by atoms with E-state index in [9.17, 15) is 106 Å². The monoisotopic (exact) mass is 1590 g/mol. The minimum Gasteiger partial charge on any atom is -0.394 e. The van der Waals surface area contributed by atoms with Gasteiger partial charge < -0.3 is 165 Å². The average Bonchev–Trinajstić information content (AvgIpc) is 0.772. The third-order valence-electron chi connectivity index (χ3n) is 21.2. The number of carbonyl (C=O) groups is 3. The Labute approximate surface area is 643 Å². The molecule has 0 radical (unpaired) electrons. The number of unbranched alkanes of at least 4 members (excludes halogenated alkanes) is 23. The Morgan fingerprint density at radius 1 is 0.355 bits per heavy atom. The molecular weight excluding hydrogens is 1460 g/mol. The van der Waals surface area contributed by atoms with Crippen molar-refractivity contribution in [2.45, 2.75) is 391 Å². The van der Waals surface area contributed by atoms with Crippen molar-refractivity contribution < 1.29 is 163 Å². The molecule has 6 aliphatic rings. The highest BCUT2D eigenvalue weighted by Gasteiger charge is 2.59. The van der Waals surface area contributed by atoms with Crippen LogP contribution in [-0.4, -0.2) is 352 Å². The SMILES string of the molecule is CCCCCCCCCCCCC/C=C/[C@@H](O)[C@H](CO[C@@H]1OC(CO)[C@@H](O[C@@H]2OC(CO)[C@H](O)[C@H](O[C@@H]3OC(CO)[C@@H](O[C@@H]4OC(CO)[C@H](O)[C@H](O[C@H]5OC(CO)[C@H](O)[C@H](O[C@@H]6OC(CO)[C@H](O)[C@H](O)C6NC(C)=O)C5O)C4O)[C@H](O)C3NC(C)=O)C2O)[C@H](O)C1O)NC(=O)CCCCCCCCCCCCCCC. The van der Waals surface area contributed by atoms with Crippen LogP contribution in [0.15, 0.2) is 12.2 Å². The smallest absolute Gasteiger partial charge is 0.220 e. The lowest BCUT2D eigenvalue weighted by Gasteiger charge is -2.50. The van der Waals surface area contributed by atoms with E-state index in [-0.39, 0.29) is 12.3 Å². The van der Waals surface area contributed by atoms with Gasteiger partial charge in [-0.3, -0.25) is 14.4 Å². The molecule has 110 heavy (non-hydrogen) atoms. The maximum Gasteiger partial charge on any atom is 0.220 e. The van der Waals surface area contributed by atoms with Crippen LogP contribution in [0.25, 0.3) is 0 Å². The van der Waals surface area contributed by atoms with Crippen LogP contribution in [0.4, 0.5) is 0 Å². The van der Waals surface area contributed by atoms with Crippen molar-refractivity contribution in [3.05, 3.63) is 12.2 Å². The van der Waals surface area contributed by atoms with Gasteiger partial charge in [0.15, 0.2) is 37.7 Å². The van der Waals surface area contributed by atoms with E-state index < -0.39 is 254 Å². The number of aliphatic hydroxyl groups excluding tert-OH is 18. The molecule has 642 valence electrons. The van der Waals surface area contributed by atoms with E-state index in [4.69, 9.17) is 56.8 Å². The van der Waals surface area contributed by atoms with Gasteiger partial charge in [0.1, 0.15) is 146 Å². The highest BCUT2D eigenvalue weighted by molar-refractivity contribution is 5.76. The number of hydrogen-bond donors (Lipinski definition) is 21. The van der Waals surface area contributed by atoms with E-state index in [0.29, 0.717) is 12.8 Å². The summed E-state index contributed by atoms with van der Waals surface area (Å²) in [7, 11) is 0. The minimum absolute atomic E-state index is 0.175. The molecule has 0 aliphatic carbocycles. The Morgan fingerprint density at radius 2 is 0.673 bits per heavy atom. The molecule has 0 aromatic rings. The van der Waals surface area contributed by atoms with Crippen LogP contribution in [-0.2, 0) is 71.2 Å². The van der Waals surface area contributed by atoms with Crippen LogP contribution in [0.3, 0.4) is 0 Å². The van der Waals surface area contributed by atoms with Gasteiger partial charge in [0.05, 0.1) is 58.4 Å². The molecule has 0 aromatic heterocycles. The molecule has 32 atom stereocenters. The third kappa shape index (κ3) is 28.4. The molecule has 0 saturated carbocycles. The molecule has 36 heteroatoms. The molecule has 21 N–H and O–H groups in total. The maximum atomic E-state index is 13.5.